The zero-order valence-electron chi connectivity index (χ0n) is 12.1. The van der Waals surface area contributed by atoms with Gasteiger partial charge in [0.15, 0.2) is 23.0 Å². The fourth-order valence-electron chi connectivity index (χ4n) is 2.85. The number of rotatable bonds is 2. The number of fused-ring (bicyclic) bond motifs is 4. The molecule has 0 aliphatic carbocycles. The van der Waals surface area contributed by atoms with Crippen LogP contribution in [0.4, 0.5) is 0 Å². The van der Waals surface area contributed by atoms with Crippen LogP contribution in [0.2, 0.25) is 0 Å². The van der Waals surface area contributed by atoms with E-state index in [1.165, 1.54) is 0 Å². The molecule has 24 heavy (non-hydrogen) atoms. The number of benzene rings is 3. The molecule has 0 amide bonds. The minimum absolute atomic E-state index is 0.0997. The smallest absolute Gasteiger partial charge is 0.340 e. The van der Waals surface area contributed by atoms with E-state index in [-0.39, 0.29) is 22.4 Å². The lowest BCUT2D eigenvalue weighted by atomic mass is 9.96. The molecular formula is C18H10O6. The number of carboxylic acid groups (broad SMARTS) is 2. The number of carbonyl (C=O) groups is 2. The number of hydrogen-bond donors (Lipinski definition) is 2. The summed E-state index contributed by atoms with van der Waals surface area (Å²) in [4.78, 5) is 23.5. The van der Waals surface area contributed by atoms with Gasteiger partial charge in [0.2, 0.25) is 0 Å². The van der Waals surface area contributed by atoms with Crippen molar-refractivity contribution in [2.24, 2.45) is 0 Å². The normalized spacial score (nSPS) is 11.8. The average Bonchev–Trinajstić information content (AvgIpc) is 2.58. The van der Waals surface area contributed by atoms with E-state index in [1.54, 1.807) is 48.5 Å². The summed E-state index contributed by atoms with van der Waals surface area (Å²) in [7, 11) is 0. The van der Waals surface area contributed by atoms with Gasteiger partial charge in [-0.15, -0.1) is 0 Å². The minimum atomic E-state index is -1.39. The Labute approximate surface area is 135 Å². The Morgan fingerprint density at radius 3 is 1.75 bits per heavy atom. The van der Waals surface area contributed by atoms with E-state index >= 15 is 0 Å². The lowest BCUT2D eigenvalue weighted by molar-refractivity contribution is 0.0650. The first-order valence-corrected chi connectivity index (χ1v) is 7.08. The van der Waals surface area contributed by atoms with Crippen molar-refractivity contribution in [1.29, 1.82) is 0 Å². The van der Waals surface area contributed by atoms with Crippen molar-refractivity contribution in [2.45, 2.75) is 0 Å². The number of hydrogen-bond acceptors (Lipinski definition) is 4. The van der Waals surface area contributed by atoms with Gasteiger partial charge in [-0.05, 0) is 12.1 Å². The van der Waals surface area contributed by atoms with Crippen molar-refractivity contribution in [3.05, 3.63) is 59.7 Å². The van der Waals surface area contributed by atoms with Gasteiger partial charge in [0.05, 0.1) is 5.56 Å². The predicted molar refractivity (Wildman–Crippen MR) is 84.5 cm³/mol. The summed E-state index contributed by atoms with van der Waals surface area (Å²) in [6.45, 7) is 0. The van der Waals surface area contributed by atoms with Gasteiger partial charge in [-0.2, -0.15) is 0 Å². The van der Waals surface area contributed by atoms with Gasteiger partial charge < -0.3 is 19.7 Å². The Morgan fingerprint density at radius 1 is 0.667 bits per heavy atom. The van der Waals surface area contributed by atoms with Crippen LogP contribution in [0.1, 0.15) is 20.7 Å². The largest absolute Gasteiger partial charge is 0.478 e. The maximum atomic E-state index is 11.8. The summed E-state index contributed by atoms with van der Waals surface area (Å²) in [6, 6.07) is 13.4. The van der Waals surface area contributed by atoms with Gasteiger partial charge in [-0.3, -0.25) is 0 Å². The van der Waals surface area contributed by atoms with E-state index < -0.39 is 17.5 Å². The van der Waals surface area contributed by atoms with Gasteiger partial charge in [0.25, 0.3) is 0 Å². The number of aromatic carboxylic acids is 2. The standard InChI is InChI=1S/C18H10O6/c19-17(20)13-9-5-1-2-6-10(9)15-16(14(13)18(21)22)24-12-8-4-3-7-11(12)23-15/h1-8H,(H,19,20)(H,21,22). The third kappa shape index (κ3) is 1.90. The molecule has 0 saturated carbocycles. The second kappa shape index (κ2) is 4.99. The fraction of sp³-hybridized carbons (Fsp3) is 0. The van der Waals surface area contributed by atoms with Crippen LogP contribution in [0.3, 0.4) is 0 Å². The molecule has 1 aliphatic rings. The first kappa shape index (κ1) is 14.1. The molecule has 0 saturated heterocycles. The van der Waals surface area contributed by atoms with Gasteiger partial charge in [0, 0.05) is 10.8 Å². The third-order valence-corrected chi connectivity index (χ3v) is 3.83. The summed E-state index contributed by atoms with van der Waals surface area (Å²) < 4.78 is 11.5. The highest BCUT2D eigenvalue weighted by molar-refractivity contribution is 6.16. The van der Waals surface area contributed by atoms with Gasteiger partial charge in [-0.1, -0.05) is 36.4 Å². The lowest BCUT2D eigenvalue weighted by Gasteiger charge is -2.24. The van der Waals surface area contributed by atoms with Crippen LogP contribution in [-0.4, -0.2) is 22.2 Å². The molecule has 1 aliphatic heterocycles. The van der Waals surface area contributed by atoms with Crippen LogP contribution in [0, 0.1) is 0 Å². The van der Waals surface area contributed by atoms with Crippen LogP contribution in [0.15, 0.2) is 48.5 Å². The molecule has 118 valence electrons. The van der Waals surface area contributed by atoms with Crippen molar-refractivity contribution in [1.82, 2.24) is 0 Å². The fourth-order valence-corrected chi connectivity index (χ4v) is 2.85. The monoisotopic (exact) mass is 322 g/mol. The summed E-state index contributed by atoms with van der Waals surface area (Å²) >= 11 is 0. The Kier molecular flexibility index (Phi) is 2.93. The second-order valence-electron chi connectivity index (χ2n) is 5.21. The van der Waals surface area contributed by atoms with Gasteiger partial charge in [-0.25, -0.2) is 9.59 Å². The van der Waals surface area contributed by atoms with E-state index in [1.807, 2.05) is 0 Å². The lowest BCUT2D eigenvalue weighted by Crippen LogP contribution is -2.13. The molecule has 0 bridgehead atoms. The molecule has 0 spiro atoms. The number of carboxylic acids is 2. The van der Waals surface area contributed by atoms with Gasteiger partial charge >= 0.3 is 11.9 Å². The SMILES string of the molecule is O=C(O)c1c2c(c3ccccc3c1C(=O)O)Oc1ccccc1O2. The highest BCUT2D eigenvalue weighted by Gasteiger charge is 2.33. The van der Waals surface area contributed by atoms with E-state index in [0.29, 0.717) is 16.9 Å². The Bertz CT molecular complexity index is 1020. The summed E-state index contributed by atoms with van der Waals surface area (Å²) in [6.07, 6.45) is 0. The van der Waals surface area contributed by atoms with Gasteiger partial charge in [0.1, 0.15) is 5.56 Å². The van der Waals surface area contributed by atoms with Crippen molar-refractivity contribution in [2.75, 3.05) is 0 Å². The van der Waals surface area contributed by atoms with Crippen molar-refractivity contribution < 1.29 is 29.3 Å². The quantitative estimate of drug-likeness (QED) is 0.576. The average molecular weight is 322 g/mol. The molecule has 0 radical (unpaired) electrons. The highest BCUT2D eigenvalue weighted by Crippen LogP contribution is 2.51. The maximum Gasteiger partial charge on any atom is 0.340 e. The molecule has 2 N–H and O–H groups in total. The molecule has 6 nitrogen and oxygen atoms in total. The molecule has 0 aromatic heterocycles. The molecular weight excluding hydrogens is 312 g/mol. The van der Waals surface area contributed by atoms with Crippen molar-refractivity contribution in [3.8, 4) is 23.0 Å². The molecule has 1 heterocycles. The number of ether oxygens (including phenoxy) is 2. The molecule has 0 unspecified atom stereocenters. The Morgan fingerprint density at radius 2 is 1.17 bits per heavy atom. The summed E-state index contributed by atoms with van der Waals surface area (Å²) in [5.74, 6) is -1.86. The minimum Gasteiger partial charge on any atom is -0.478 e. The van der Waals surface area contributed by atoms with Crippen LogP contribution in [-0.2, 0) is 0 Å². The molecule has 3 aromatic rings. The van der Waals surface area contributed by atoms with E-state index in [0.717, 1.165) is 0 Å². The Hall–Kier alpha value is -3.54. The van der Waals surface area contributed by atoms with Crippen LogP contribution < -0.4 is 9.47 Å². The van der Waals surface area contributed by atoms with Crippen molar-refractivity contribution >= 4 is 22.7 Å². The van der Waals surface area contributed by atoms with Crippen molar-refractivity contribution in [3.63, 3.8) is 0 Å². The summed E-state index contributed by atoms with van der Waals surface area (Å²) in [5.41, 5.74) is -0.745. The first-order chi connectivity index (χ1) is 11.6. The molecule has 0 atom stereocenters. The summed E-state index contributed by atoms with van der Waals surface area (Å²) in [5, 5.41) is 19.9. The molecule has 4 rings (SSSR count). The molecule has 3 aromatic carbocycles. The zero-order chi connectivity index (χ0) is 16.8. The van der Waals surface area contributed by atoms with E-state index in [9.17, 15) is 19.8 Å². The predicted octanol–water partition coefficient (Wildman–Crippen LogP) is 4.13. The molecule has 6 heteroatoms. The zero-order valence-corrected chi connectivity index (χ0v) is 12.1. The van der Waals surface area contributed by atoms with E-state index in [4.69, 9.17) is 9.47 Å². The molecule has 0 fully saturated rings. The van der Waals surface area contributed by atoms with E-state index in [2.05, 4.69) is 0 Å². The highest BCUT2D eigenvalue weighted by atomic mass is 16.6. The van der Waals surface area contributed by atoms with Crippen LogP contribution in [0.5, 0.6) is 23.0 Å². The third-order valence-electron chi connectivity index (χ3n) is 3.83. The maximum absolute atomic E-state index is 11.8. The van der Waals surface area contributed by atoms with Crippen LogP contribution >= 0.6 is 0 Å². The number of para-hydroxylation sites is 2. The topological polar surface area (TPSA) is 93.1 Å². The first-order valence-electron chi connectivity index (χ1n) is 7.08. The Balaban J connectivity index is 2.14. The van der Waals surface area contributed by atoms with Crippen LogP contribution in [0.25, 0.3) is 10.8 Å². The second-order valence-corrected chi connectivity index (χ2v) is 5.21.